The van der Waals surface area contributed by atoms with Crippen molar-refractivity contribution in [1.82, 2.24) is 14.8 Å². The minimum atomic E-state index is 0.748. The maximum absolute atomic E-state index is 6.01. The highest BCUT2D eigenvalue weighted by molar-refractivity contribution is 7.15. The molecule has 2 aliphatic heterocycles. The van der Waals surface area contributed by atoms with Crippen molar-refractivity contribution in [3.05, 3.63) is 34.8 Å². The molecule has 5 rings (SSSR count). The van der Waals surface area contributed by atoms with Crippen LogP contribution in [-0.2, 0) is 13.0 Å². The van der Waals surface area contributed by atoms with E-state index < -0.39 is 0 Å². The number of benzene rings is 1. The predicted molar refractivity (Wildman–Crippen MR) is 133 cm³/mol. The van der Waals surface area contributed by atoms with Crippen molar-refractivity contribution >= 4 is 11.3 Å². The zero-order chi connectivity index (χ0) is 21.8. The van der Waals surface area contributed by atoms with Gasteiger partial charge in [-0.15, -0.1) is 11.3 Å². The summed E-state index contributed by atoms with van der Waals surface area (Å²) in [4.78, 5) is 11.8. The van der Waals surface area contributed by atoms with E-state index in [0.29, 0.717) is 0 Å². The molecule has 0 radical (unpaired) electrons. The molecule has 0 bridgehead atoms. The first kappa shape index (κ1) is 22.4. The lowest BCUT2D eigenvalue weighted by Gasteiger charge is -2.31. The maximum atomic E-state index is 6.01. The molecule has 1 aromatic heterocycles. The Balaban J connectivity index is 1.11. The normalized spacial score (nSPS) is 22.8. The zero-order valence-electron chi connectivity index (χ0n) is 19.7. The highest BCUT2D eigenvalue weighted by atomic mass is 32.1. The number of rotatable bonds is 8. The molecule has 32 heavy (non-hydrogen) atoms. The van der Waals surface area contributed by atoms with Crippen LogP contribution in [0.2, 0.25) is 0 Å². The third kappa shape index (κ3) is 5.55. The van der Waals surface area contributed by atoms with Crippen molar-refractivity contribution in [3.8, 4) is 16.3 Å². The molecule has 174 valence electrons. The van der Waals surface area contributed by atoms with Gasteiger partial charge in [-0.1, -0.05) is 19.3 Å². The van der Waals surface area contributed by atoms with Gasteiger partial charge in [-0.05, 0) is 75.8 Å². The van der Waals surface area contributed by atoms with Crippen molar-refractivity contribution in [2.45, 2.75) is 77.3 Å². The van der Waals surface area contributed by atoms with Gasteiger partial charge in [0.25, 0.3) is 0 Å². The molecular formula is C27H39N3OS. The van der Waals surface area contributed by atoms with Crippen LogP contribution >= 0.6 is 11.3 Å². The Kier molecular flexibility index (Phi) is 7.46. The molecule has 5 heteroatoms. The molecule has 2 aromatic rings. The van der Waals surface area contributed by atoms with Crippen LogP contribution in [0.1, 0.15) is 68.9 Å². The van der Waals surface area contributed by atoms with Crippen molar-refractivity contribution in [2.24, 2.45) is 5.92 Å². The Morgan fingerprint density at radius 1 is 1.03 bits per heavy atom. The summed E-state index contributed by atoms with van der Waals surface area (Å²) < 4.78 is 6.01. The molecule has 1 atom stereocenters. The lowest BCUT2D eigenvalue weighted by molar-refractivity contribution is 0.188. The first-order valence-corrected chi connectivity index (χ1v) is 13.7. The van der Waals surface area contributed by atoms with E-state index in [1.165, 1.54) is 85.7 Å². The monoisotopic (exact) mass is 453 g/mol. The summed E-state index contributed by atoms with van der Waals surface area (Å²) >= 11 is 1.90. The largest absolute Gasteiger partial charge is 0.494 e. The van der Waals surface area contributed by atoms with Gasteiger partial charge in [-0.3, -0.25) is 4.90 Å². The third-order valence-corrected chi connectivity index (χ3v) is 8.83. The summed E-state index contributed by atoms with van der Waals surface area (Å²) in [7, 11) is 0. The first-order valence-electron chi connectivity index (χ1n) is 12.9. The molecule has 1 saturated heterocycles. The average molecular weight is 454 g/mol. The molecule has 1 aliphatic carbocycles. The van der Waals surface area contributed by atoms with E-state index in [1.807, 2.05) is 11.3 Å². The Labute approximate surface area is 198 Å². The summed E-state index contributed by atoms with van der Waals surface area (Å²) in [5, 5.41) is 1.17. The molecule has 0 spiro atoms. The number of hydrogen-bond acceptors (Lipinski definition) is 5. The second-order valence-electron chi connectivity index (χ2n) is 10.1. The van der Waals surface area contributed by atoms with Gasteiger partial charge in [0.05, 0.1) is 12.3 Å². The van der Waals surface area contributed by atoms with Crippen LogP contribution in [0.5, 0.6) is 5.75 Å². The van der Waals surface area contributed by atoms with Crippen LogP contribution < -0.4 is 4.74 Å². The molecule has 1 aromatic carbocycles. The fraction of sp³-hybridized carbons (Fsp3) is 0.667. The van der Waals surface area contributed by atoms with E-state index in [0.717, 1.165) is 50.2 Å². The first-order chi connectivity index (χ1) is 15.7. The zero-order valence-corrected chi connectivity index (χ0v) is 20.5. The van der Waals surface area contributed by atoms with Crippen LogP contribution in [0.4, 0.5) is 0 Å². The maximum Gasteiger partial charge on any atom is 0.123 e. The van der Waals surface area contributed by atoms with Crippen molar-refractivity contribution in [3.63, 3.8) is 0 Å². The van der Waals surface area contributed by atoms with Gasteiger partial charge in [0.1, 0.15) is 10.8 Å². The highest BCUT2D eigenvalue weighted by Crippen LogP contribution is 2.33. The summed E-state index contributed by atoms with van der Waals surface area (Å²) in [5.74, 6) is 1.90. The van der Waals surface area contributed by atoms with Crippen molar-refractivity contribution in [2.75, 3.05) is 32.8 Å². The summed E-state index contributed by atoms with van der Waals surface area (Å²) in [6.07, 6.45) is 12.1. The fourth-order valence-electron chi connectivity index (χ4n) is 5.74. The Morgan fingerprint density at radius 2 is 1.88 bits per heavy atom. The van der Waals surface area contributed by atoms with E-state index in [4.69, 9.17) is 9.72 Å². The van der Waals surface area contributed by atoms with Gasteiger partial charge in [0, 0.05) is 49.1 Å². The number of hydrogen-bond donors (Lipinski definition) is 0. The third-order valence-electron chi connectivity index (χ3n) is 7.70. The van der Waals surface area contributed by atoms with E-state index in [-0.39, 0.29) is 0 Å². The van der Waals surface area contributed by atoms with Crippen LogP contribution in [-0.4, -0.2) is 53.6 Å². The number of ether oxygens (including phenoxy) is 1. The van der Waals surface area contributed by atoms with Crippen molar-refractivity contribution in [1.29, 1.82) is 0 Å². The van der Waals surface area contributed by atoms with Crippen LogP contribution in [0.3, 0.4) is 0 Å². The summed E-state index contributed by atoms with van der Waals surface area (Å²) in [6.45, 7) is 9.11. The number of aromatic nitrogens is 1. The Bertz CT molecular complexity index is 858. The van der Waals surface area contributed by atoms with E-state index in [1.54, 1.807) is 0 Å². The molecule has 0 N–H and O–H groups in total. The van der Waals surface area contributed by atoms with Gasteiger partial charge in [0.2, 0.25) is 0 Å². The second-order valence-corrected chi connectivity index (χ2v) is 11.2. The second kappa shape index (κ2) is 10.7. The minimum Gasteiger partial charge on any atom is -0.494 e. The van der Waals surface area contributed by atoms with Gasteiger partial charge >= 0.3 is 0 Å². The van der Waals surface area contributed by atoms with Crippen LogP contribution in [0.15, 0.2) is 24.3 Å². The van der Waals surface area contributed by atoms with E-state index in [9.17, 15) is 0 Å². The standard InChI is InChI=1S/C27H39N3OS/c1-21-7-5-15-30(21)16-6-18-31-24-12-10-23(11-13-24)27-28-25-14-17-29(20-26(25)32-27)19-22-8-3-2-4-9-22/h10-13,21-22H,2-9,14-20H2,1H3. The molecule has 3 aliphatic rings. The van der Waals surface area contributed by atoms with Crippen LogP contribution in [0, 0.1) is 5.92 Å². The molecule has 3 heterocycles. The molecule has 2 fully saturated rings. The SMILES string of the molecule is CC1CCCN1CCCOc1ccc(-c2nc3c(s2)CN(CC2CCCCC2)CC3)cc1. The minimum absolute atomic E-state index is 0.748. The molecule has 1 saturated carbocycles. The lowest BCUT2D eigenvalue weighted by atomic mass is 9.88. The van der Waals surface area contributed by atoms with Crippen LogP contribution in [0.25, 0.3) is 10.6 Å². The summed E-state index contributed by atoms with van der Waals surface area (Å²) in [6, 6.07) is 9.34. The molecule has 1 unspecified atom stereocenters. The quantitative estimate of drug-likeness (QED) is 0.458. The topological polar surface area (TPSA) is 28.6 Å². The lowest BCUT2D eigenvalue weighted by Crippen LogP contribution is -2.34. The van der Waals surface area contributed by atoms with Gasteiger partial charge in [0.15, 0.2) is 0 Å². The Morgan fingerprint density at radius 3 is 2.66 bits per heavy atom. The number of nitrogens with zero attached hydrogens (tertiary/aromatic N) is 3. The Hall–Kier alpha value is -1.43. The van der Waals surface area contributed by atoms with Crippen molar-refractivity contribution < 1.29 is 4.74 Å². The fourth-order valence-corrected chi connectivity index (χ4v) is 6.89. The van der Waals surface area contributed by atoms with E-state index >= 15 is 0 Å². The molecule has 0 amide bonds. The average Bonchev–Trinajstić information content (AvgIpc) is 3.43. The number of fused-ring (bicyclic) bond motifs is 1. The predicted octanol–water partition coefficient (Wildman–Crippen LogP) is 6.00. The van der Waals surface area contributed by atoms with E-state index in [2.05, 4.69) is 41.0 Å². The smallest absolute Gasteiger partial charge is 0.123 e. The molecular weight excluding hydrogens is 414 g/mol. The number of likely N-dealkylation sites (tertiary alicyclic amines) is 1. The highest BCUT2D eigenvalue weighted by Gasteiger charge is 2.24. The van der Waals surface area contributed by atoms with Gasteiger partial charge in [-0.2, -0.15) is 0 Å². The van der Waals surface area contributed by atoms with Gasteiger partial charge < -0.3 is 9.64 Å². The van der Waals surface area contributed by atoms with Gasteiger partial charge in [-0.25, -0.2) is 4.98 Å². The summed E-state index contributed by atoms with van der Waals surface area (Å²) in [5.41, 5.74) is 2.56. The number of thiazole rings is 1. The molecule has 4 nitrogen and oxygen atoms in total.